The number of hydrogen-bond donors (Lipinski definition) is 0. The van der Waals surface area contributed by atoms with Crippen molar-refractivity contribution in [3.05, 3.63) is 78.1 Å². The van der Waals surface area contributed by atoms with Crippen molar-refractivity contribution in [2.75, 3.05) is 25.2 Å². The fraction of sp³-hybridized carbons (Fsp3) is 0.273. The van der Waals surface area contributed by atoms with E-state index in [9.17, 15) is 0 Å². The lowest BCUT2D eigenvalue weighted by atomic mass is 10.1. The summed E-state index contributed by atoms with van der Waals surface area (Å²) in [6.45, 7) is 3.73. The number of methoxy groups -OCH3 is 1. The van der Waals surface area contributed by atoms with Crippen LogP contribution in [0, 0.1) is 0 Å². The normalized spacial score (nSPS) is 16.8. The second-order valence-electron chi connectivity index (χ2n) is 6.46. The monoisotopic (exact) mass is 348 g/mol. The second kappa shape index (κ2) is 7.26. The number of hydrogen-bond acceptors (Lipinski definition) is 3. The molecular weight excluding hydrogens is 324 g/mol. The van der Waals surface area contributed by atoms with Crippen molar-refractivity contribution < 1.29 is 9.47 Å². The first-order valence-corrected chi connectivity index (χ1v) is 9.08. The molecule has 4 heteroatoms. The molecule has 0 amide bonds. The Morgan fingerprint density at radius 1 is 1.08 bits per heavy atom. The topological polar surface area (TPSA) is 26.6 Å². The first kappa shape index (κ1) is 16.7. The number of aromatic nitrogens is 1. The van der Waals surface area contributed by atoms with Gasteiger partial charge >= 0.3 is 0 Å². The van der Waals surface area contributed by atoms with Crippen LogP contribution in [0.4, 0.5) is 5.69 Å². The summed E-state index contributed by atoms with van der Waals surface area (Å²) in [6, 6.07) is 18.9. The van der Waals surface area contributed by atoms with Crippen LogP contribution in [0.5, 0.6) is 5.75 Å². The first-order valence-electron chi connectivity index (χ1n) is 9.08. The van der Waals surface area contributed by atoms with E-state index in [2.05, 4.69) is 65.2 Å². The third-order valence-corrected chi connectivity index (χ3v) is 4.93. The molecule has 1 aromatic heterocycles. The molecule has 4 rings (SSSR count). The highest BCUT2D eigenvalue weighted by molar-refractivity contribution is 5.60. The largest absolute Gasteiger partial charge is 0.495 e. The van der Waals surface area contributed by atoms with Crippen molar-refractivity contribution in [3.63, 3.8) is 0 Å². The van der Waals surface area contributed by atoms with E-state index in [1.165, 1.54) is 5.56 Å². The lowest BCUT2D eigenvalue weighted by Crippen LogP contribution is -2.23. The fourth-order valence-electron chi connectivity index (χ4n) is 3.48. The van der Waals surface area contributed by atoms with Crippen LogP contribution in [0.3, 0.4) is 0 Å². The van der Waals surface area contributed by atoms with E-state index in [1.807, 2.05) is 18.2 Å². The molecule has 2 heterocycles. The summed E-state index contributed by atoms with van der Waals surface area (Å²) in [4.78, 5) is 2.26. The van der Waals surface area contributed by atoms with Crippen LogP contribution < -0.4 is 9.64 Å². The molecule has 1 aliphatic heterocycles. The van der Waals surface area contributed by atoms with Crippen LogP contribution in [0.25, 0.3) is 5.69 Å². The summed E-state index contributed by atoms with van der Waals surface area (Å²) in [5.41, 5.74) is 4.73. The molecule has 0 bridgehead atoms. The van der Waals surface area contributed by atoms with Crippen molar-refractivity contribution in [1.82, 2.24) is 4.57 Å². The van der Waals surface area contributed by atoms with Gasteiger partial charge in [-0.1, -0.05) is 31.2 Å². The average molecular weight is 348 g/mol. The molecule has 1 fully saturated rings. The van der Waals surface area contributed by atoms with Crippen molar-refractivity contribution in [2.24, 2.45) is 0 Å². The number of nitrogens with zero attached hydrogens (tertiary/aromatic N) is 2. The van der Waals surface area contributed by atoms with E-state index in [1.54, 1.807) is 7.11 Å². The highest BCUT2D eigenvalue weighted by Crippen LogP contribution is 2.37. The molecule has 2 aromatic carbocycles. The lowest BCUT2D eigenvalue weighted by Gasteiger charge is -2.26. The van der Waals surface area contributed by atoms with Gasteiger partial charge in [0.15, 0.2) is 6.23 Å². The van der Waals surface area contributed by atoms with E-state index in [4.69, 9.17) is 9.47 Å². The van der Waals surface area contributed by atoms with Gasteiger partial charge in [0.05, 0.1) is 19.4 Å². The van der Waals surface area contributed by atoms with E-state index < -0.39 is 0 Å². The maximum atomic E-state index is 6.05. The van der Waals surface area contributed by atoms with Crippen molar-refractivity contribution in [2.45, 2.75) is 19.6 Å². The van der Waals surface area contributed by atoms with Gasteiger partial charge in [0.25, 0.3) is 0 Å². The molecule has 26 heavy (non-hydrogen) atoms. The Bertz CT molecular complexity index is 870. The summed E-state index contributed by atoms with van der Waals surface area (Å²) >= 11 is 0. The Morgan fingerprint density at radius 2 is 1.88 bits per heavy atom. The second-order valence-corrected chi connectivity index (χ2v) is 6.46. The van der Waals surface area contributed by atoms with Gasteiger partial charge in [0.2, 0.25) is 0 Å². The Hall–Kier alpha value is -2.72. The zero-order valence-corrected chi connectivity index (χ0v) is 15.3. The van der Waals surface area contributed by atoms with Crippen LogP contribution in [-0.4, -0.2) is 24.8 Å². The smallest absolute Gasteiger partial charge is 0.158 e. The van der Waals surface area contributed by atoms with Crippen LogP contribution in [0.15, 0.2) is 67.0 Å². The van der Waals surface area contributed by atoms with Crippen LogP contribution in [0.1, 0.15) is 24.3 Å². The van der Waals surface area contributed by atoms with Gasteiger partial charge in [-0.2, -0.15) is 0 Å². The van der Waals surface area contributed by atoms with E-state index in [0.29, 0.717) is 6.61 Å². The number of anilines is 1. The van der Waals surface area contributed by atoms with Crippen molar-refractivity contribution in [3.8, 4) is 11.4 Å². The molecule has 134 valence electrons. The third kappa shape index (κ3) is 3.08. The minimum Gasteiger partial charge on any atom is -0.495 e. The quantitative estimate of drug-likeness (QED) is 0.675. The van der Waals surface area contributed by atoms with Gasteiger partial charge in [-0.05, 0) is 42.3 Å². The predicted molar refractivity (Wildman–Crippen MR) is 104 cm³/mol. The maximum absolute atomic E-state index is 6.05. The standard InChI is InChI=1S/C22H24N2O2/c1-3-17-8-10-19(11-9-17)23-13-12-18(16-23)22-24(14-15-26-22)20-6-4-5-7-21(20)25-2/h4-13,16,22H,3,14-15H2,1-2H3. The summed E-state index contributed by atoms with van der Waals surface area (Å²) in [5.74, 6) is 0.873. The minimum absolute atomic E-state index is 0.0949. The molecule has 0 aliphatic carbocycles. The minimum atomic E-state index is -0.0949. The molecule has 1 unspecified atom stereocenters. The molecule has 0 saturated carbocycles. The van der Waals surface area contributed by atoms with Crippen molar-refractivity contribution >= 4 is 5.69 Å². The molecule has 4 nitrogen and oxygen atoms in total. The molecule has 1 saturated heterocycles. The highest BCUT2D eigenvalue weighted by atomic mass is 16.5. The average Bonchev–Trinajstić information content (AvgIpc) is 3.37. The predicted octanol–water partition coefficient (Wildman–Crippen LogP) is 4.58. The Morgan fingerprint density at radius 3 is 2.65 bits per heavy atom. The van der Waals surface area contributed by atoms with E-state index >= 15 is 0 Å². The van der Waals surface area contributed by atoms with Gasteiger partial charge in [-0.3, -0.25) is 0 Å². The summed E-state index contributed by atoms with van der Waals surface area (Å²) < 4.78 is 13.7. The van der Waals surface area contributed by atoms with E-state index in [-0.39, 0.29) is 6.23 Å². The molecule has 1 aliphatic rings. The lowest BCUT2D eigenvalue weighted by molar-refractivity contribution is 0.113. The summed E-state index contributed by atoms with van der Waals surface area (Å²) in [5, 5.41) is 0. The SMILES string of the molecule is CCc1ccc(-n2ccc(C3OCCN3c3ccccc3OC)c2)cc1. The molecule has 0 radical (unpaired) electrons. The zero-order chi connectivity index (χ0) is 17.9. The highest BCUT2D eigenvalue weighted by Gasteiger charge is 2.29. The van der Waals surface area contributed by atoms with Crippen LogP contribution in [0.2, 0.25) is 0 Å². The molecular formula is C22H24N2O2. The van der Waals surface area contributed by atoms with Crippen LogP contribution in [-0.2, 0) is 11.2 Å². The molecule has 3 aromatic rings. The van der Waals surface area contributed by atoms with Crippen LogP contribution >= 0.6 is 0 Å². The zero-order valence-electron chi connectivity index (χ0n) is 15.3. The number of para-hydroxylation sites is 2. The molecule has 0 spiro atoms. The summed E-state index contributed by atoms with van der Waals surface area (Å²) in [7, 11) is 1.71. The van der Waals surface area contributed by atoms with E-state index in [0.717, 1.165) is 35.7 Å². The molecule has 0 N–H and O–H groups in total. The number of rotatable bonds is 5. The Kier molecular flexibility index (Phi) is 4.67. The number of ether oxygens (including phenoxy) is 2. The van der Waals surface area contributed by atoms with Crippen molar-refractivity contribution in [1.29, 1.82) is 0 Å². The number of benzene rings is 2. The van der Waals surface area contributed by atoms with Gasteiger partial charge < -0.3 is 18.9 Å². The van der Waals surface area contributed by atoms with Gasteiger partial charge in [-0.25, -0.2) is 0 Å². The Labute approximate surface area is 154 Å². The first-order chi connectivity index (χ1) is 12.8. The number of aryl methyl sites for hydroxylation is 1. The summed E-state index contributed by atoms with van der Waals surface area (Å²) in [6.07, 6.45) is 5.21. The van der Waals surface area contributed by atoms with Gasteiger partial charge in [-0.15, -0.1) is 0 Å². The maximum Gasteiger partial charge on any atom is 0.158 e. The van der Waals surface area contributed by atoms with Gasteiger partial charge in [0, 0.05) is 30.2 Å². The Balaban J connectivity index is 1.61. The third-order valence-electron chi connectivity index (χ3n) is 4.93. The fourth-order valence-corrected chi connectivity index (χ4v) is 3.48. The molecule has 1 atom stereocenters. The van der Waals surface area contributed by atoms with Gasteiger partial charge in [0.1, 0.15) is 5.75 Å².